The lowest BCUT2D eigenvalue weighted by molar-refractivity contribution is -0.162. The molecule has 0 radical (unpaired) electrons. The van der Waals surface area contributed by atoms with Gasteiger partial charge in [0.25, 0.3) is 0 Å². The maximum atomic E-state index is 13.5. The van der Waals surface area contributed by atoms with Crippen LogP contribution in [0, 0.1) is 5.41 Å². The van der Waals surface area contributed by atoms with Crippen LogP contribution in [0.1, 0.15) is 56.6 Å². The van der Waals surface area contributed by atoms with Crippen molar-refractivity contribution in [3.8, 4) is 0 Å². The number of likely N-dealkylation sites (tertiary alicyclic amines) is 1. The van der Waals surface area contributed by atoms with Gasteiger partial charge in [-0.05, 0) is 56.2 Å². The number of amides is 2. The van der Waals surface area contributed by atoms with Crippen LogP contribution in [0.25, 0.3) is 0 Å². The number of ether oxygens (including phenoxy) is 1. The maximum Gasteiger partial charge on any atom is 0.417 e. The Morgan fingerprint density at radius 2 is 1.71 bits per heavy atom. The van der Waals surface area contributed by atoms with Crippen LogP contribution in [0.3, 0.4) is 0 Å². The number of β-amino-alcohol motifs (C(OH)–C–C–N with tert-alkyl or cyclic N) is 1. The predicted octanol–water partition coefficient (Wildman–Crippen LogP) is 3.85. The predicted molar refractivity (Wildman–Crippen MR) is 133 cm³/mol. The quantitative estimate of drug-likeness (QED) is 0.398. The molecule has 1 aliphatic carbocycles. The number of aliphatic hydroxyl groups is 1. The fraction of sp³-hybridized carbons (Fsp3) is 0.667. The molecule has 3 aliphatic rings. The summed E-state index contributed by atoms with van der Waals surface area (Å²) >= 11 is 0. The van der Waals surface area contributed by atoms with E-state index in [2.05, 4.69) is 0 Å². The van der Waals surface area contributed by atoms with Crippen LogP contribution in [0.2, 0.25) is 0 Å². The molecule has 0 aromatic heterocycles. The third kappa shape index (κ3) is 6.57. The number of anilines is 1. The first-order chi connectivity index (χ1) is 19.1. The van der Waals surface area contributed by atoms with E-state index in [1.165, 1.54) is 9.80 Å². The highest BCUT2D eigenvalue weighted by Gasteiger charge is 2.52. The molecule has 1 aromatic rings. The molecule has 1 aromatic carbocycles. The average Bonchev–Trinajstić information content (AvgIpc) is 3.70. The van der Waals surface area contributed by atoms with Crippen LogP contribution in [-0.2, 0) is 31.5 Å². The molecule has 1 N–H and O–H groups in total. The molecular weight excluding hydrogens is 560 g/mol. The molecule has 1 saturated carbocycles. The first kappa shape index (κ1) is 30.9. The molecule has 3 atom stereocenters. The van der Waals surface area contributed by atoms with Gasteiger partial charge in [0.1, 0.15) is 6.04 Å². The summed E-state index contributed by atoms with van der Waals surface area (Å²) in [5.41, 5.74) is -3.88. The second kappa shape index (κ2) is 11.3. The standard InChI is InChI=1S/C27H33F6N3O5/c1-16-14-36(20(24(40)41-2)5-6-22(38)34-12-10-25(8-9-25)21(37)15-34)23(39)7-11-35(16)17-3-4-18(26(28,29)30)19(13-17)27(31,32)33/h3-4,13,16,20-21,37H,5-12,14-15H2,1-2H3/t16?,20-,21+/m0/s1. The summed E-state index contributed by atoms with van der Waals surface area (Å²) in [6.45, 7) is 2.03. The van der Waals surface area contributed by atoms with E-state index in [1.54, 1.807) is 11.8 Å². The minimum atomic E-state index is -5.26. The number of carbonyl (C=O) groups is 3. The molecule has 4 rings (SSSR count). The van der Waals surface area contributed by atoms with Crippen LogP contribution < -0.4 is 4.90 Å². The smallest absolute Gasteiger partial charge is 0.417 e. The molecule has 0 bridgehead atoms. The van der Waals surface area contributed by atoms with Crippen molar-refractivity contribution in [2.45, 2.75) is 76.0 Å². The van der Waals surface area contributed by atoms with Crippen LogP contribution in [0.4, 0.5) is 32.0 Å². The largest absolute Gasteiger partial charge is 0.467 e. The van der Waals surface area contributed by atoms with Crippen molar-refractivity contribution in [2.75, 3.05) is 38.2 Å². The van der Waals surface area contributed by atoms with Gasteiger partial charge in [-0.3, -0.25) is 9.59 Å². The Labute approximate surface area is 233 Å². The maximum absolute atomic E-state index is 13.5. The van der Waals surface area contributed by atoms with Crippen LogP contribution in [-0.4, -0.2) is 84.2 Å². The summed E-state index contributed by atoms with van der Waals surface area (Å²) < 4.78 is 85.2. The Balaban J connectivity index is 1.49. The summed E-state index contributed by atoms with van der Waals surface area (Å²) in [4.78, 5) is 42.9. The zero-order valence-electron chi connectivity index (χ0n) is 22.7. The SMILES string of the molecule is COC(=O)[C@H](CCC(=O)N1CCC2(CC2)[C@H](O)C1)N1CC(C)N(c2ccc(C(F)(F)F)c(C(F)(F)F)c2)CCC1=O. The Morgan fingerprint density at radius 1 is 1.05 bits per heavy atom. The zero-order chi connectivity index (χ0) is 30.3. The third-order valence-corrected chi connectivity index (χ3v) is 8.53. The number of nitrogens with zero attached hydrogens (tertiary/aromatic N) is 3. The van der Waals surface area contributed by atoms with Gasteiger partial charge in [0, 0.05) is 50.7 Å². The lowest BCUT2D eigenvalue weighted by atomic mass is 9.90. The molecule has 2 heterocycles. The minimum absolute atomic E-state index is 0.0692. The van der Waals surface area contributed by atoms with Gasteiger partial charge in [-0.1, -0.05) is 0 Å². The highest BCUT2D eigenvalue weighted by atomic mass is 19.4. The molecule has 3 fully saturated rings. The molecule has 1 unspecified atom stereocenters. The number of methoxy groups -OCH3 is 1. The number of halogens is 6. The van der Waals surface area contributed by atoms with E-state index in [1.807, 2.05) is 0 Å². The number of hydrogen-bond donors (Lipinski definition) is 1. The first-order valence-corrected chi connectivity index (χ1v) is 13.5. The van der Waals surface area contributed by atoms with E-state index in [9.17, 15) is 45.8 Å². The van der Waals surface area contributed by atoms with E-state index in [4.69, 9.17) is 4.74 Å². The molecule has 41 heavy (non-hydrogen) atoms. The molecule has 2 saturated heterocycles. The van der Waals surface area contributed by atoms with Gasteiger partial charge in [-0.15, -0.1) is 0 Å². The van der Waals surface area contributed by atoms with Crippen LogP contribution in [0.15, 0.2) is 18.2 Å². The average molecular weight is 594 g/mol. The molecule has 228 valence electrons. The summed E-state index contributed by atoms with van der Waals surface area (Å²) in [6.07, 6.45) is -8.93. The van der Waals surface area contributed by atoms with Crippen molar-refractivity contribution in [1.29, 1.82) is 0 Å². The number of hydrogen-bond acceptors (Lipinski definition) is 6. The highest BCUT2D eigenvalue weighted by Crippen LogP contribution is 2.53. The fourth-order valence-electron chi connectivity index (χ4n) is 5.89. The van der Waals surface area contributed by atoms with Gasteiger partial charge >= 0.3 is 18.3 Å². The van der Waals surface area contributed by atoms with Gasteiger partial charge in [-0.2, -0.15) is 26.3 Å². The van der Waals surface area contributed by atoms with Gasteiger partial charge in [-0.25, -0.2) is 4.79 Å². The Bertz CT molecular complexity index is 1170. The van der Waals surface area contributed by atoms with E-state index >= 15 is 0 Å². The Kier molecular flexibility index (Phi) is 8.55. The van der Waals surface area contributed by atoms with Crippen molar-refractivity contribution >= 4 is 23.5 Å². The van der Waals surface area contributed by atoms with Gasteiger partial charge in [0.15, 0.2) is 0 Å². The number of rotatable bonds is 6. The second-order valence-corrected chi connectivity index (χ2v) is 11.1. The molecule has 14 heteroatoms. The number of esters is 1. The fourth-order valence-corrected chi connectivity index (χ4v) is 5.89. The lowest BCUT2D eigenvalue weighted by Gasteiger charge is -2.37. The highest BCUT2D eigenvalue weighted by molar-refractivity contribution is 5.86. The van der Waals surface area contributed by atoms with Crippen LogP contribution >= 0.6 is 0 Å². The van der Waals surface area contributed by atoms with Gasteiger partial charge in [0.05, 0.1) is 24.3 Å². The molecule has 1 spiro atoms. The third-order valence-electron chi connectivity index (χ3n) is 8.53. The van der Waals surface area contributed by atoms with Crippen molar-refractivity contribution in [2.24, 2.45) is 5.41 Å². The van der Waals surface area contributed by atoms with Crippen molar-refractivity contribution in [3.05, 3.63) is 29.3 Å². The zero-order valence-corrected chi connectivity index (χ0v) is 22.7. The van der Waals surface area contributed by atoms with E-state index < -0.39 is 53.5 Å². The van der Waals surface area contributed by atoms with Crippen LogP contribution in [0.5, 0.6) is 0 Å². The second-order valence-electron chi connectivity index (χ2n) is 11.1. The molecular formula is C27H33F6N3O5. The number of aliphatic hydroxyl groups excluding tert-OH is 1. The van der Waals surface area contributed by atoms with Crippen molar-refractivity contribution in [1.82, 2.24) is 9.80 Å². The lowest BCUT2D eigenvalue weighted by Crippen LogP contribution is -2.50. The number of piperidine rings is 1. The number of benzene rings is 1. The summed E-state index contributed by atoms with van der Waals surface area (Å²) in [7, 11) is 1.13. The van der Waals surface area contributed by atoms with Gasteiger partial charge in [0.2, 0.25) is 11.8 Å². The monoisotopic (exact) mass is 593 g/mol. The topological polar surface area (TPSA) is 90.4 Å². The molecule has 8 nitrogen and oxygen atoms in total. The van der Waals surface area contributed by atoms with Crippen molar-refractivity contribution < 1.29 is 50.6 Å². The molecule has 2 amide bonds. The number of alkyl halides is 6. The number of carbonyl (C=O) groups excluding carboxylic acids is 3. The summed E-state index contributed by atoms with van der Waals surface area (Å²) in [5, 5.41) is 10.4. The first-order valence-electron chi connectivity index (χ1n) is 13.5. The minimum Gasteiger partial charge on any atom is -0.467 e. The Hall–Kier alpha value is -3.03. The molecule has 2 aliphatic heterocycles. The van der Waals surface area contributed by atoms with Gasteiger partial charge < -0.3 is 24.5 Å². The normalized spacial score (nSPS) is 23.8. The van der Waals surface area contributed by atoms with Crippen molar-refractivity contribution in [3.63, 3.8) is 0 Å². The van der Waals surface area contributed by atoms with E-state index in [0.717, 1.165) is 26.0 Å². The van der Waals surface area contributed by atoms with E-state index in [-0.39, 0.29) is 55.9 Å². The Morgan fingerprint density at radius 3 is 2.27 bits per heavy atom. The summed E-state index contributed by atoms with van der Waals surface area (Å²) in [6, 6.07) is -0.102. The van der Waals surface area contributed by atoms with E-state index in [0.29, 0.717) is 25.1 Å². The summed E-state index contributed by atoms with van der Waals surface area (Å²) in [5.74, 6) is -1.56.